The third-order valence-corrected chi connectivity index (χ3v) is 3.36. The van der Waals surface area contributed by atoms with Gasteiger partial charge in [-0.2, -0.15) is 0 Å². The van der Waals surface area contributed by atoms with E-state index in [2.05, 4.69) is 9.97 Å². The lowest BCUT2D eigenvalue weighted by molar-refractivity contribution is 0.0508. The van der Waals surface area contributed by atoms with Crippen molar-refractivity contribution in [2.24, 2.45) is 0 Å². The maximum absolute atomic E-state index is 11.7. The number of aromatic amines is 2. The van der Waals surface area contributed by atoms with Gasteiger partial charge in [0.2, 0.25) is 0 Å². The highest BCUT2D eigenvalue weighted by atomic mass is 16.5. The molecule has 2 rings (SSSR count). The van der Waals surface area contributed by atoms with Crippen molar-refractivity contribution in [1.82, 2.24) is 9.97 Å². The second-order valence-electron chi connectivity index (χ2n) is 5.03. The lowest BCUT2D eigenvalue weighted by Crippen LogP contribution is -2.28. The Morgan fingerprint density at radius 3 is 2.52 bits per heavy atom. The van der Waals surface area contributed by atoms with Crippen molar-refractivity contribution < 1.29 is 4.74 Å². The van der Waals surface area contributed by atoms with Crippen molar-refractivity contribution in [3.8, 4) is 0 Å². The summed E-state index contributed by atoms with van der Waals surface area (Å²) in [7, 11) is 0. The number of H-pyrrole nitrogens is 2. The molecule has 112 valence electrons. The molecule has 1 aromatic carbocycles. The van der Waals surface area contributed by atoms with Gasteiger partial charge in [-0.15, -0.1) is 0 Å². The minimum Gasteiger partial charge on any atom is -0.372 e. The highest BCUT2D eigenvalue weighted by Gasteiger charge is 2.10. The summed E-state index contributed by atoms with van der Waals surface area (Å²) in [6, 6.07) is 10.1. The van der Waals surface area contributed by atoms with E-state index in [9.17, 15) is 9.59 Å². The summed E-state index contributed by atoms with van der Waals surface area (Å²) in [5.41, 5.74) is 1.50. The van der Waals surface area contributed by atoms with E-state index in [1.807, 2.05) is 44.2 Å². The van der Waals surface area contributed by atoms with Crippen LogP contribution >= 0.6 is 0 Å². The number of nitrogens with one attached hydrogen (secondary N) is 2. The van der Waals surface area contributed by atoms with Crippen molar-refractivity contribution in [1.29, 1.82) is 0 Å². The van der Waals surface area contributed by atoms with Crippen LogP contribution < -0.4 is 11.2 Å². The number of rotatable bonds is 6. The van der Waals surface area contributed by atoms with Crippen LogP contribution in [-0.2, 0) is 24.2 Å². The molecule has 2 aromatic rings. The van der Waals surface area contributed by atoms with Gasteiger partial charge in [0.25, 0.3) is 5.56 Å². The van der Waals surface area contributed by atoms with Gasteiger partial charge >= 0.3 is 5.69 Å². The van der Waals surface area contributed by atoms with Crippen molar-refractivity contribution in [2.75, 3.05) is 0 Å². The van der Waals surface area contributed by atoms with Gasteiger partial charge in [-0.25, -0.2) is 4.79 Å². The molecule has 5 nitrogen and oxygen atoms in total. The van der Waals surface area contributed by atoms with Crippen LogP contribution in [0.25, 0.3) is 0 Å². The normalized spacial score (nSPS) is 12.3. The standard InChI is InChI=1S/C16H20N2O3/c1-3-13-14(17-16(20)18-15(13)19)10-21-11(2)9-12-7-5-4-6-8-12/h4-8,11H,3,9-10H2,1-2H3,(H2,17,18,19,20). The van der Waals surface area contributed by atoms with E-state index in [1.165, 1.54) is 5.56 Å². The molecule has 0 aliphatic carbocycles. The molecule has 0 aliphatic heterocycles. The van der Waals surface area contributed by atoms with E-state index < -0.39 is 5.69 Å². The van der Waals surface area contributed by atoms with Crippen LogP contribution in [0.2, 0.25) is 0 Å². The summed E-state index contributed by atoms with van der Waals surface area (Å²) in [6.45, 7) is 4.08. The van der Waals surface area contributed by atoms with Gasteiger partial charge in [-0.3, -0.25) is 9.78 Å². The first-order valence-corrected chi connectivity index (χ1v) is 7.10. The predicted octanol–water partition coefficient (Wildman–Crippen LogP) is 1.77. The molecule has 21 heavy (non-hydrogen) atoms. The lowest BCUT2D eigenvalue weighted by Gasteiger charge is -2.14. The van der Waals surface area contributed by atoms with Gasteiger partial charge in [0.15, 0.2) is 0 Å². The minimum absolute atomic E-state index is 0.0000964. The zero-order valence-corrected chi connectivity index (χ0v) is 12.3. The highest BCUT2D eigenvalue weighted by Crippen LogP contribution is 2.08. The Kier molecular flexibility index (Phi) is 5.11. The molecule has 0 aliphatic rings. The van der Waals surface area contributed by atoms with Crippen LogP contribution in [0, 0.1) is 0 Å². The molecule has 0 saturated heterocycles. The Hall–Kier alpha value is -2.14. The fourth-order valence-electron chi connectivity index (χ4n) is 2.29. The summed E-state index contributed by atoms with van der Waals surface area (Å²) in [5.74, 6) is 0. The molecule has 1 unspecified atom stereocenters. The molecular formula is C16H20N2O3. The molecule has 1 atom stereocenters. The zero-order chi connectivity index (χ0) is 15.2. The van der Waals surface area contributed by atoms with Crippen LogP contribution in [0.4, 0.5) is 0 Å². The summed E-state index contributed by atoms with van der Waals surface area (Å²) in [4.78, 5) is 27.9. The van der Waals surface area contributed by atoms with Crippen LogP contribution in [0.15, 0.2) is 39.9 Å². The van der Waals surface area contributed by atoms with E-state index in [0.717, 1.165) is 6.42 Å². The number of aromatic nitrogens is 2. The first kappa shape index (κ1) is 15.3. The fraction of sp³-hybridized carbons (Fsp3) is 0.375. The van der Waals surface area contributed by atoms with E-state index in [1.54, 1.807) is 0 Å². The van der Waals surface area contributed by atoms with Crippen molar-refractivity contribution in [3.05, 3.63) is 68.0 Å². The van der Waals surface area contributed by atoms with Crippen LogP contribution in [0.1, 0.15) is 30.7 Å². The van der Waals surface area contributed by atoms with Crippen molar-refractivity contribution in [2.45, 2.75) is 39.4 Å². The Morgan fingerprint density at radius 1 is 1.14 bits per heavy atom. The van der Waals surface area contributed by atoms with E-state index in [4.69, 9.17) is 4.74 Å². The molecule has 0 saturated carbocycles. The minimum atomic E-state index is -0.494. The second-order valence-corrected chi connectivity index (χ2v) is 5.03. The second kappa shape index (κ2) is 7.04. The van der Waals surface area contributed by atoms with Gasteiger partial charge in [-0.1, -0.05) is 37.3 Å². The molecule has 1 aromatic heterocycles. The molecule has 0 radical (unpaired) electrons. The molecule has 1 heterocycles. The summed E-state index contributed by atoms with van der Waals surface area (Å²) in [5, 5.41) is 0. The topological polar surface area (TPSA) is 75.0 Å². The Balaban J connectivity index is 2.03. The van der Waals surface area contributed by atoms with Gasteiger partial charge < -0.3 is 9.72 Å². The third kappa shape index (κ3) is 4.16. The molecule has 5 heteroatoms. The number of benzene rings is 1. The van der Waals surface area contributed by atoms with Gasteiger partial charge in [0.1, 0.15) is 0 Å². The summed E-state index contributed by atoms with van der Waals surface area (Å²) >= 11 is 0. The van der Waals surface area contributed by atoms with Crippen molar-refractivity contribution in [3.63, 3.8) is 0 Å². The number of ether oxygens (including phenoxy) is 1. The SMILES string of the molecule is CCc1c(COC(C)Cc2ccccc2)[nH]c(=O)[nH]c1=O. The number of hydrogen-bond acceptors (Lipinski definition) is 3. The van der Waals surface area contributed by atoms with Crippen molar-refractivity contribution >= 4 is 0 Å². The molecule has 0 amide bonds. The Morgan fingerprint density at radius 2 is 1.86 bits per heavy atom. The average molecular weight is 288 g/mol. The first-order chi connectivity index (χ1) is 10.1. The van der Waals surface area contributed by atoms with Crippen LogP contribution in [0.3, 0.4) is 0 Å². The maximum atomic E-state index is 11.7. The number of hydrogen-bond donors (Lipinski definition) is 2. The largest absolute Gasteiger partial charge is 0.372 e. The molecule has 0 spiro atoms. The Labute approximate surface area is 123 Å². The third-order valence-electron chi connectivity index (χ3n) is 3.36. The summed E-state index contributed by atoms with van der Waals surface area (Å²) in [6.07, 6.45) is 1.34. The van der Waals surface area contributed by atoms with E-state index >= 15 is 0 Å². The van der Waals surface area contributed by atoms with Gasteiger partial charge in [0, 0.05) is 5.56 Å². The zero-order valence-electron chi connectivity index (χ0n) is 12.3. The highest BCUT2D eigenvalue weighted by molar-refractivity contribution is 5.16. The monoisotopic (exact) mass is 288 g/mol. The molecule has 0 bridgehead atoms. The lowest BCUT2D eigenvalue weighted by atomic mass is 10.1. The Bertz CT molecular complexity index is 689. The quantitative estimate of drug-likeness (QED) is 0.850. The van der Waals surface area contributed by atoms with E-state index in [-0.39, 0.29) is 18.3 Å². The van der Waals surface area contributed by atoms with Crippen LogP contribution in [0.5, 0.6) is 0 Å². The molecule has 0 fully saturated rings. The fourth-order valence-corrected chi connectivity index (χ4v) is 2.29. The van der Waals surface area contributed by atoms with Gasteiger partial charge in [0.05, 0.1) is 18.4 Å². The summed E-state index contributed by atoms with van der Waals surface area (Å²) < 4.78 is 5.76. The van der Waals surface area contributed by atoms with Crippen LogP contribution in [-0.4, -0.2) is 16.1 Å². The molecular weight excluding hydrogens is 268 g/mol. The average Bonchev–Trinajstić information content (AvgIpc) is 2.45. The van der Waals surface area contributed by atoms with E-state index in [0.29, 0.717) is 17.7 Å². The molecule has 2 N–H and O–H groups in total. The first-order valence-electron chi connectivity index (χ1n) is 7.10. The smallest absolute Gasteiger partial charge is 0.325 e. The maximum Gasteiger partial charge on any atom is 0.325 e. The predicted molar refractivity (Wildman–Crippen MR) is 81.5 cm³/mol. The van der Waals surface area contributed by atoms with Gasteiger partial charge in [-0.05, 0) is 25.3 Å².